The number of hydrogen-bond acceptors (Lipinski definition) is 6. The first kappa shape index (κ1) is 15.0. The Balaban J connectivity index is 1.67. The van der Waals surface area contributed by atoms with E-state index in [1.165, 1.54) is 0 Å². The Morgan fingerprint density at radius 3 is 2.75 bits per heavy atom. The van der Waals surface area contributed by atoms with E-state index in [1.807, 2.05) is 0 Å². The molecule has 1 aromatic rings. The Kier molecular flexibility index (Phi) is 5.18. The van der Waals surface area contributed by atoms with Crippen molar-refractivity contribution in [3.63, 3.8) is 0 Å². The lowest BCUT2D eigenvalue weighted by Crippen LogP contribution is -2.19. The predicted octanol–water partition coefficient (Wildman–Crippen LogP) is 2.27. The molecule has 1 saturated heterocycles. The standard InChI is InChI=1S/C11H15F3N2O4/c12-11(13,14)7-17-5-6-19-10-16-15-9(20-10)8-3-1-2-4-18-8/h8H,1-7H2/t8-/m1/s1. The van der Waals surface area contributed by atoms with E-state index >= 15 is 0 Å². The van der Waals surface area contributed by atoms with Gasteiger partial charge in [-0.3, -0.25) is 0 Å². The summed E-state index contributed by atoms with van der Waals surface area (Å²) in [6, 6.07) is 0. The topological polar surface area (TPSA) is 66.6 Å². The van der Waals surface area contributed by atoms with Gasteiger partial charge in [-0.15, -0.1) is 5.10 Å². The molecular formula is C11H15F3N2O4. The van der Waals surface area contributed by atoms with Gasteiger partial charge in [-0.05, 0) is 19.3 Å². The van der Waals surface area contributed by atoms with E-state index in [-0.39, 0.29) is 25.4 Å². The Morgan fingerprint density at radius 1 is 1.20 bits per heavy atom. The molecule has 0 unspecified atom stereocenters. The summed E-state index contributed by atoms with van der Waals surface area (Å²) in [5.41, 5.74) is 0. The van der Waals surface area contributed by atoms with Crippen molar-refractivity contribution in [3.05, 3.63) is 5.89 Å². The highest BCUT2D eigenvalue weighted by Crippen LogP contribution is 2.27. The van der Waals surface area contributed by atoms with Gasteiger partial charge in [0.15, 0.2) is 0 Å². The summed E-state index contributed by atoms with van der Waals surface area (Å²) in [7, 11) is 0. The van der Waals surface area contributed by atoms with E-state index in [0.29, 0.717) is 12.5 Å². The van der Waals surface area contributed by atoms with E-state index in [1.54, 1.807) is 0 Å². The summed E-state index contributed by atoms with van der Waals surface area (Å²) in [6.45, 7) is -0.962. The second-order valence-electron chi connectivity index (χ2n) is 4.28. The highest BCUT2D eigenvalue weighted by atomic mass is 19.4. The summed E-state index contributed by atoms with van der Waals surface area (Å²) in [6.07, 6.45) is -1.83. The minimum Gasteiger partial charge on any atom is -0.447 e. The first-order chi connectivity index (χ1) is 9.54. The normalized spacial score (nSPS) is 20.1. The Hall–Kier alpha value is -1.35. The lowest BCUT2D eigenvalue weighted by atomic mass is 10.1. The molecule has 0 aliphatic carbocycles. The van der Waals surface area contributed by atoms with Gasteiger partial charge in [-0.25, -0.2) is 0 Å². The summed E-state index contributed by atoms with van der Waals surface area (Å²) in [4.78, 5) is 0. The van der Waals surface area contributed by atoms with Gasteiger partial charge >= 0.3 is 12.3 Å². The maximum absolute atomic E-state index is 11.8. The average molecular weight is 296 g/mol. The molecule has 1 aliphatic rings. The van der Waals surface area contributed by atoms with Crippen LogP contribution in [0.5, 0.6) is 6.08 Å². The zero-order valence-corrected chi connectivity index (χ0v) is 10.7. The molecule has 20 heavy (non-hydrogen) atoms. The Labute approximate surface area is 113 Å². The molecule has 2 rings (SSSR count). The van der Waals surface area contributed by atoms with E-state index < -0.39 is 12.8 Å². The number of hydrogen-bond donors (Lipinski definition) is 0. The molecule has 1 fully saturated rings. The van der Waals surface area contributed by atoms with Gasteiger partial charge in [0.25, 0.3) is 0 Å². The van der Waals surface area contributed by atoms with Crippen LogP contribution in [0.2, 0.25) is 0 Å². The third kappa shape index (κ3) is 4.97. The number of alkyl halides is 3. The second kappa shape index (κ2) is 6.89. The predicted molar refractivity (Wildman–Crippen MR) is 59.2 cm³/mol. The van der Waals surface area contributed by atoms with Crippen molar-refractivity contribution in [1.29, 1.82) is 0 Å². The van der Waals surface area contributed by atoms with E-state index in [4.69, 9.17) is 13.9 Å². The summed E-state index contributed by atoms with van der Waals surface area (Å²) < 4.78 is 55.4. The highest BCUT2D eigenvalue weighted by molar-refractivity contribution is 4.91. The quantitative estimate of drug-likeness (QED) is 0.750. The minimum atomic E-state index is -4.34. The van der Waals surface area contributed by atoms with Crippen LogP contribution in [-0.4, -0.2) is 42.8 Å². The SMILES string of the molecule is FC(F)(F)COCCOc1nnc([C@H]2CCCCO2)o1. The molecule has 1 aromatic heterocycles. The van der Waals surface area contributed by atoms with Crippen molar-refractivity contribution in [2.45, 2.75) is 31.5 Å². The molecule has 9 heteroatoms. The van der Waals surface area contributed by atoms with Crippen LogP contribution < -0.4 is 4.74 Å². The highest BCUT2D eigenvalue weighted by Gasteiger charge is 2.27. The molecule has 0 bridgehead atoms. The monoisotopic (exact) mass is 296 g/mol. The molecule has 6 nitrogen and oxygen atoms in total. The van der Waals surface area contributed by atoms with Crippen LogP contribution in [0, 0.1) is 0 Å². The summed E-state index contributed by atoms with van der Waals surface area (Å²) in [5.74, 6) is 0.330. The van der Waals surface area contributed by atoms with Crippen LogP contribution in [-0.2, 0) is 9.47 Å². The van der Waals surface area contributed by atoms with Crippen LogP contribution in [0.25, 0.3) is 0 Å². The van der Waals surface area contributed by atoms with Crippen LogP contribution >= 0.6 is 0 Å². The average Bonchev–Trinajstić information content (AvgIpc) is 2.87. The van der Waals surface area contributed by atoms with Gasteiger partial charge in [0.2, 0.25) is 5.89 Å². The molecule has 0 radical (unpaired) electrons. The zero-order valence-electron chi connectivity index (χ0n) is 10.7. The van der Waals surface area contributed by atoms with Crippen molar-refractivity contribution < 1.29 is 31.8 Å². The molecule has 0 saturated carbocycles. The lowest BCUT2D eigenvalue weighted by Gasteiger charge is -2.18. The van der Waals surface area contributed by atoms with Crippen molar-refractivity contribution in [2.75, 3.05) is 26.4 Å². The number of aromatic nitrogens is 2. The van der Waals surface area contributed by atoms with Crippen molar-refractivity contribution >= 4 is 0 Å². The lowest BCUT2D eigenvalue weighted by molar-refractivity contribution is -0.175. The smallest absolute Gasteiger partial charge is 0.414 e. The number of ether oxygens (including phenoxy) is 3. The first-order valence-corrected chi connectivity index (χ1v) is 6.27. The largest absolute Gasteiger partial charge is 0.447 e. The third-order valence-corrected chi connectivity index (χ3v) is 2.60. The maximum Gasteiger partial charge on any atom is 0.414 e. The zero-order chi connectivity index (χ0) is 14.4. The molecule has 1 aliphatic heterocycles. The Morgan fingerprint density at radius 2 is 2.05 bits per heavy atom. The van der Waals surface area contributed by atoms with Gasteiger partial charge in [-0.1, -0.05) is 5.10 Å². The van der Waals surface area contributed by atoms with Gasteiger partial charge in [0.1, 0.15) is 19.3 Å². The van der Waals surface area contributed by atoms with Crippen molar-refractivity contribution in [3.8, 4) is 6.08 Å². The van der Waals surface area contributed by atoms with E-state index in [2.05, 4.69) is 14.9 Å². The van der Waals surface area contributed by atoms with Crippen molar-refractivity contribution in [2.24, 2.45) is 0 Å². The fraction of sp³-hybridized carbons (Fsp3) is 0.818. The minimum absolute atomic E-state index is 0.0928. The molecular weight excluding hydrogens is 281 g/mol. The maximum atomic E-state index is 11.8. The molecule has 0 N–H and O–H groups in total. The Bertz CT molecular complexity index is 405. The number of halogens is 3. The number of nitrogens with zero attached hydrogens (tertiary/aromatic N) is 2. The fourth-order valence-electron chi connectivity index (χ4n) is 1.72. The molecule has 2 heterocycles. The molecule has 114 valence electrons. The molecule has 0 aromatic carbocycles. The van der Waals surface area contributed by atoms with Gasteiger partial charge in [0, 0.05) is 6.61 Å². The third-order valence-electron chi connectivity index (χ3n) is 2.60. The van der Waals surface area contributed by atoms with E-state index in [0.717, 1.165) is 19.3 Å². The van der Waals surface area contributed by atoms with Crippen LogP contribution in [0.15, 0.2) is 4.42 Å². The van der Waals surface area contributed by atoms with Gasteiger partial charge in [0.05, 0.1) is 6.61 Å². The van der Waals surface area contributed by atoms with Gasteiger partial charge < -0.3 is 18.6 Å². The summed E-state index contributed by atoms with van der Waals surface area (Å²) >= 11 is 0. The second-order valence-corrected chi connectivity index (χ2v) is 4.28. The summed E-state index contributed by atoms with van der Waals surface area (Å²) in [5, 5.41) is 7.43. The molecule has 1 atom stereocenters. The van der Waals surface area contributed by atoms with Crippen molar-refractivity contribution in [1.82, 2.24) is 10.2 Å². The number of rotatable bonds is 6. The van der Waals surface area contributed by atoms with Gasteiger partial charge in [-0.2, -0.15) is 13.2 Å². The fourth-order valence-corrected chi connectivity index (χ4v) is 1.72. The first-order valence-electron chi connectivity index (χ1n) is 6.27. The van der Waals surface area contributed by atoms with E-state index in [9.17, 15) is 13.2 Å². The van der Waals surface area contributed by atoms with Crippen LogP contribution in [0.4, 0.5) is 13.2 Å². The molecule has 0 spiro atoms. The van der Waals surface area contributed by atoms with Crippen LogP contribution in [0.3, 0.4) is 0 Å². The molecule has 0 amide bonds. The van der Waals surface area contributed by atoms with Crippen LogP contribution in [0.1, 0.15) is 31.3 Å².